The Bertz CT molecular complexity index is 655. The van der Waals surface area contributed by atoms with Gasteiger partial charge in [0, 0.05) is 12.6 Å². The van der Waals surface area contributed by atoms with E-state index >= 15 is 0 Å². The third kappa shape index (κ3) is 5.82. The second-order valence-corrected chi connectivity index (χ2v) is 6.56. The van der Waals surface area contributed by atoms with Crippen LogP contribution in [0.1, 0.15) is 19.4 Å². The second kappa shape index (κ2) is 6.57. The minimum Gasteiger partial charge on any atom is -0.345 e. The predicted molar refractivity (Wildman–Crippen MR) is 81.6 cm³/mol. The van der Waals surface area contributed by atoms with Crippen LogP contribution in [0.25, 0.3) is 0 Å². The largest absolute Gasteiger partial charge is 0.345 e. The van der Waals surface area contributed by atoms with Crippen LogP contribution >= 0.6 is 0 Å². The number of carbonyl (C=O) groups excluding carboxylic acids is 2. The monoisotopic (exact) mass is 313 g/mol. The van der Waals surface area contributed by atoms with Gasteiger partial charge in [0.15, 0.2) is 0 Å². The Hall–Kier alpha value is -2.09. The molecule has 0 bridgehead atoms. The van der Waals surface area contributed by atoms with Crippen LogP contribution in [0.2, 0.25) is 0 Å². The van der Waals surface area contributed by atoms with Crippen molar-refractivity contribution in [2.75, 3.05) is 16.3 Å². The Morgan fingerprint density at radius 3 is 2.33 bits per heavy atom. The van der Waals surface area contributed by atoms with Crippen LogP contribution in [-0.2, 0) is 19.6 Å². The molecule has 1 atom stereocenters. The quantitative estimate of drug-likeness (QED) is 0.749. The number of amides is 2. The molecule has 0 heterocycles. The molecule has 0 unspecified atom stereocenters. The molecule has 1 aromatic carbocycles. The molecule has 21 heavy (non-hydrogen) atoms. The van der Waals surface area contributed by atoms with Gasteiger partial charge in [-0.15, -0.1) is 0 Å². The van der Waals surface area contributed by atoms with E-state index in [0.717, 1.165) is 6.26 Å². The first-order valence-electron chi connectivity index (χ1n) is 6.25. The van der Waals surface area contributed by atoms with E-state index in [1.165, 1.54) is 6.92 Å². The first kappa shape index (κ1) is 17.0. The zero-order valence-electron chi connectivity index (χ0n) is 12.4. The molecule has 0 radical (unpaired) electrons. The van der Waals surface area contributed by atoms with Crippen molar-refractivity contribution < 1.29 is 18.0 Å². The average molecular weight is 313 g/mol. The molecule has 0 aromatic heterocycles. The van der Waals surface area contributed by atoms with Crippen LogP contribution < -0.4 is 15.4 Å². The molecule has 1 aromatic rings. The SMILES string of the molecule is CC(=O)N[C@@H](C)C(=O)Nc1ccc(NS(C)(=O)=O)c(C)c1. The number of carbonyl (C=O) groups is 2. The molecule has 3 N–H and O–H groups in total. The van der Waals surface area contributed by atoms with E-state index in [1.54, 1.807) is 32.0 Å². The highest BCUT2D eigenvalue weighted by molar-refractivity contribution is 7.92. The van der Waals surface area contributed by atoms with Gasteiger partial charge in [0.2, 0.25) is 21.8 Å². The number of nitrogens with one attached hydrogen (secondary N) is 3. The van der Waals surface area contributed by atoms with Crippen LogP contribution in [0, 0.1) is 6.92 Å². The minimum atomic E-state index is -3.35. The lowest BCUT2D eigenvalue weighted by Crippen LogP contribution is -2.40. The maximum absolute atomic E-state index is 11.8. The Balaban J connectivity index is 2.80. The number of sulfonamides is 1. The summed E-state index contributed by atoms with van der Waals surface area (Å²) in [5.74, 6) is -0.644. The van der Waals surface area contributed by atoms with Gasteiger partial charge in [-0.05, 0) is 37.6 Å². The molecular weight excluding hydrogens is 294 g/mol. The molecular formula is C13H19N3O4S. The lowest BCUT2D eigenvalue weighted by atomic mass is 10.2. The fourth-order valence-corrected chi connectivity index (χ4v) is 2.31. The average Bonchev–Trinajstić information content (AvgIpc) is 2.30. The molecule has 0 saturated heterocycles. The van der Waals surface area contributed by atoms with Gasteiger partial charge in [-0.2, -0.15) is 0 Å². The highest BCUT2D eigenvalue weighted by atomic mass is 32.2. The molecule has 1 rings (SSSR count). The molecule has 0 aliphatic heterocycles. The number of hydrogen-bond donors (Lipinski definition) is 3. The topological polar surface area (TPSA) is 104 Å². The van der Waals surface area contributed by atoms with E-state index in [4.69, 9.17) is 0 Å². The summed E-state index contributed by atoms with van der Waals surface area (Å²) in [6, 6.07) is 4.14. The first-order chi connectivity index (χ1) is 9.58. The lowest BCUT2D eigenvalue weighted by molar-refractivity contribution is -0.124. The summed E-state index contributed by atoms with van der Waals surface area (Å²) in [5.41, 5.74) is 1.64. The summed E-state index contributed by atoms with van der Waals surface area (Å²) in [5, 5.41) is 5.12. The smallest absolute Gasteiger partial charge is 0.246 e. The van der Waals surface area contributed by atoms with E-state index in [0.29, 0.717) is 16.9 Å². The van der Waals surface area contributed by atoms with Crippen molar-refractivity contribution >= 4 is 33.2 Å². The highest BCUT2D eigenvalue weighted by Gasteiger charge is 2.14. The Morgan fingerprint density at radius 2 is 1.86 bits per heavy atom. The molecule has 0 spiro atoms. The zero-order valence-corrected chi connectivity index (χ0v) is 13.2. The molecule has 7 nitrogen and oxygen atoms in total. The van der Waals surface area contributed by atoms with Gasteiger partial charge < -0.3 is 10.6 Å². The summed E-state index contributed by atoms with van der Waals surface area (Å²) in [6.45, 7) is 4.63. The number of aryl methyl sites for hydroxylation is 1. The van der Waals surface area contributed by atoms with Crippen molar-refractivity contribution in [2.24, 2.45) is 0 Å². The van der Waals surface area contributed by atoms with Crippen molar-refractivity contribution in [1.29, 1.82) is 0 Å². The summed E-state index contributed by atoms with van der Waals surface area (Å²) in [6.07, 6.45) is 1.07. The van der Waals surface area contributed by atoms with E-state index < -0.39 is 16.1 Å². The van der Waals surface area contributed by atoms with Crippen LogP contribution in [0.5, 0.6) is 0 Å². The molecule has 0 fully saturated rings. The van der Waals surface area contributed by atoms with Gasteiger partial charge in [-0.1, -0.05) is 0 Å². The van der Waals surface area contributed by atoms with Crippen LogP contribution in [0.15, 0.2) is 18.2 Å². The normalized spacial score (nSPS) is 12.4. The molecule has 8 heteroatoms. The number of benzene rings is 1. The molecule has 116 valence electrons. The minimum absolute atomic E-state index is 0.290. The van der Waals surface area contributed by atoms with Crippen LogP contribution in [-0.4, -0.2) is 32.5 Å². The Labute approximate surface area is 124 Å². The van der Waals surface area contributed by atoms with Crippen LogP contribution in [0.3, 0.4) is 0 Å². The van der Waals surface area contributed by atoms with Crippen molar-refractivity contribution in [3.8, 4) is 0 Å². The zero-order chi connectivity index (χ0) is 16.2. The molecule has 0 saturated carbocycles. The van der Waals surface area contributed by atoms with Gasteiger partial charge in [-0.3, -0.25) is 14.3 Å². The summed E-state index contributed by atoms with van der Waals surface area (Å²) in [4.78, 5) is 22.7. The number of hydrogen-bond acceptors (Lipinski definition) is 4. The molecule has 0 aliphatic carbocycles. The fraction of sp³-hybridized carbons (Fsp3) is 0.385. The van der Waals surface area contributed by atoms with Crippen LogP contribution in [0.4, 0.5) is 11.4 Å². The first-order valence-corrected chi connectivity index (χ1v) is 8.14. The summed E-state index contributed by atoms with van der Waals surface area (Å²) in [7, 11) is -3.35. The Morgan fingerprint density at radius 1 is 1.24 bits per heavy atom. The standard InChI is InChI=1S/C13H19N3O4S/c1-8-7-11(5-6-12(8)16-21(4,19)20)15-13(18)9(2)14-10(3)17/h5-7,9,16H,1-4H3,(H,14,17)(H,15,18)/t9-/m0/s1. The van der Waals surface area contributed by atoms with Gasteiger partial charge in [0.05, 0.1) is 11.9 Å². The maximum Gasteiger partial charge on any atom is 0.246 e. The van der Waals surface area contributed by atoms with E-state index in [9.17, 15) is 18.0 Å². The number of rotatable bonds is 5. The summed E-state index contributed by atoms with van der Waals surface area (Å²) < 4.78 is 24.8. The predicted octanol–water partition coefficient (Wildman–Crippen LogP) is 0.830. The molecule has 0 aliphatic rings. The number of anilines is 2. The van der Waals surface area contributed by atoms with Crippen molar-refractivity contribution in [3.63, 3.8) is 0 Å². The van der Waals surface area contributed by atoms with E-state index in [2.05, 4.69) is 15.4 Å². The second-order valence-electron chi connectivity index (χ2n) is 4.82. The van der Waals surface area contributed by atoms with Crippen molar-refractivity contribution in [1.82, 2.24) is 5.32 Å². The third-order valence-electron chi connectivity index (χ3n) is 2.60. The van der Waals surface area contributed by atoms with E-state index in [1.807, 2.05) is 0 Å². The van der Waals surface area contributed by atoms with Gasteiger partial charge in [0.1, 0.15) is 6.04 Å². The van der Waals surface area contributed by atoms with Gasteiger partial charge in [0.25, 0.3) is 0 Å². The summed E-state index contributed by atoms with van der Waals surface area (Å²) >= 11 is 0. The Kier molecular flexibility index (Phi) is 5.31. The van der Waals surface area contributed by atoms with E-state index in [-0.39, 0.29) is 11.8 Å². The highest BCUT2D eigenvalue weighted by Crippen LogP contribution is 2.20. The van der Waals surface area contributed by atoms with Gasteiger partial charge >= 0.3 is 0 Å². The fourth-order valence-electron chi connectivity index (χ4n) is 1.68. The van der Waals surface area contributed by atoms with Gasteiger partial charge in [-0.25, -0.2) is 8.42 Å². The van der Waals surface area contributed by atoms with Crippen molar-refractivity contribution in [2.45, 2.75) is 26.8 Å². The van der Waals surface area contributed by atoms with Crippen molar-refractivity contribution in [3.05, 3.63) is 23.8 Å². The third-order valence-corrected chi connectivity index (χ3v) is 3.19. The molecule has 2 amide bonds. The maximum atomic E-state index is 11.8. The lowest BCUT2D eigenvalue weighted by Gasteiger charge is -2.14.